The molecule has 1 unspecified atom stereocenters. The maximum Gasteiger partial charge on any atom is 0.338 e. The Hall–Kier alpha value is -3.33. The fourth-order valence-corrected chi connectivity index (χ4v) is 5.00. The number of sulfone groups is 1. The Balaban J connectivity index is 2.11. The summed E-state index contributed by atoms with van der Waals surface area (Å²) in [7, 11) is -2.69. The number of aryl methyl sites for hydroxylation is 2. The summed E-state index contributed by atoms with van der Waals surface area (Å²) in [6.45, 7) is 3.55. The van der Waals surface area contributed by atoms with E-state index in [1.54, 1.807) is 19.1 Å². The van der Waals surface area contributed by atoms with E-state index in [4.69, 9.17) is 4.74 Å². The summed E-state index contributed by atoms with van der Waals surface area (Å²) in [6.07, 6.45) is 0. The number of carbonyl (C=O) groups is 2. The molecule has 1 aliphatic heterocycles. The van der Waals surface area contributed by atoms with E-state index in [2.05, 4.69) is 10.6 Å². The van der Waals surface area contributed by atoms with Crippen LogP contribution >= 0.6 is 0 Å². The summed E-state index contributed by atoms with van der Waals surface area (Å²) in [6, 6.07) is 9.25. The van der Waals surface area contributed by atoms with Crippen molar-refractivity contribution >= 4 is 21.8 Å². The maximum absolute atomic E-state index is 13.1. The number of hydrogen-bond donors (Lipinski definition) is 3. The molecular formula is C21H22N2O6S. The van der Waals surface area contributed by atoms with Gasteiger partial charge in [0.15, 0.2) is 9.84 Å². The average Bonchev–Trinajstić information content (AvgIpc) is 2.67. The number of carbonyl (C=O) groups excluding carboxylic acids is 2. The molecule has 1 heterocycles. The molecule has 158 valence electrons. The van der Waals surface area contributed by atoms with Crippen molar-refractivity contribution in [3.63, 3.8) is 0 Å². The first-order valence-corrected chi connectivity index (χ1v) is 10.8. The van der Waals surface area contributed by atoms with Gasteiger partial charge in [0.2, 0.25) is 0 Å². The first-order valence-electron chi connectivity index (χ1n) is 9.10. The molecule has 0 aromatic heterocycles. The number of benzene rings is 2. The first kappa shape index (κ1) is 21.4. The van der Waals surface area contributed by atoms with Gasteiger partial charge in [0.25, 0.3) is 0 Å². The van der Waals surface area contributed by atoms with Crippen LogP contribution in [0.5, 0.6) is 5.75 Å². The van der Waals surface area contributed by atoms with Crippen molar-refractivity contribution in [3.05, 3.63) is 70.4 Å². The SMILES string of the molecule is COC(=O)C1=C(CS(=O)(=O)c2ccc(C)cc2C)NC(=O)NC1c1ccc(O)cc1. The molecule has 3 N–H and O–H groups in total. The molecule has 0 bridgehead atoms. The van der Waals surface area contributed by atoms with Gasteiger partial charge in [0, 0.05) is 5.70 Å². The smallest absolute Gasteiger partial charge is 0.338 e. The number of esters is 1. The fraction of sp³-hybridized carbons (Fsp3) is 0.238. The topological polar surface area (TPSA) is 122 Å². The highest BCUT2D eigenvalue weighted by molar-refractivity contribution is 7.91. The zero-order valence-corrected chi connectivity index (χ0v) is 17.5. The van der Waals surface area contributed by atoms with Crippen molar-refractivity contribution in [2.45, 2.75) is 24.8 Å². The molecule has 0 spiro atoms. The summed E-state index contributed by atoms with van der Waals surface area (Å²) in [4.78, 5) is 24.9. The average molecular weight is 430 g/mol. The van der Waals surface area contributed by atoms with Crippen LogP contribution in [0.15, 0.2) is 58.6 Å². The number of aromatic hydroxyl groups is 1. The largest absolute Gasteiger partial charge is 0.508 e. The molecule has 9 heteroatoms. The fourth-order valence-electron chi connectivity index (χ4n) is 3.42. The second kappa shape index (κ2) is 8.19. The molecule has 0 saturated carbocycles. The van der Waals surface area contributed by atoms with Crippen molar-refractivity contribution in [3.8, 4) is 5.75 Å². The normalized spacial score (nSPS) is 16.6. The second-order valence-corrected chi connectivity index (χ2v) is 8.99. The molecule has 1 atom stereocenters. The molecule has 2 amide bonds. The number of ether oxygens (including phenoxy) is 1. The minimum absolute atomic E-state index is 0.0141. The maximum atomic E-state index is 13.1. The number of methoxy groups -OCH3 is 1. The van der Waals surface area contributed by atoms with E-state index in [9.17, 15) is 23.1 Å². The number of phenols is 1. The lowest BCUT2D eigenvalue weighted by Gasteiger charge is -2.29. The van der Waals surface area contributed by atoms with Gasteiger partial charge in [-0.05, 0) is 43.2 Å². The molecule has 2 aromatic rings. The van der Waals surface area contributed by atoms with Gasteiger partial charge in [-0.25, -0.2) is 18.0 Å². The highest BCUT2D eigenvalue weighted by Crippen LogP contribution is 2.30. The Morgan fingerprint density at radius 3 is 2.40 bits per heavy atom. The number of urea groups is 1. The first-order chi connectivity index (χ1) is 14.1. The Bertz CT molecular complexity index is 1140. The molecule has 0 fully saturated rings. The van der Waals surface area contributed by atoms with E-state index in [0.29, 0.717) is 11.1 Å². The van der Waals surface area contributed by atoms with E-state index in [1.807, 2.05) is 6.92 Å². The molecule has 8 nitrogen and oxygen atoms in total. The van der Waals surface area contributed by atoms with Crippen molar-refractivity contribution < 1.29 is 27.9 Å². The minimum Gasteiger partial charge on any atom is -0.508 e. The standard InChI is InChI=1S/C21H22N2O6S/c1-12-4-9-17(13(2)10-12)30(27,28)11-16-18(20(25)29-3)19(23-21(26)22-16)14-5-7-15(24)8-6-14/h4-10,19,24H,11H2,1-3H3,(H2,22,23,26). The summed E-state index contributed by atoms with van der Waals surface area (Å²) in [5.41, 5.74) is 1.92. The molecule has 0 saturated heterocycles. The van der Waals surface area contributed by atoms with Crippen molar-refractivity contribution in [2.24, 2.45) is 0 Å². The number of rotatable bonds is 5. The molecular weight excluding hydrogens is 408 g/mol. The van der Waals surface area contributed by atoms with Crippen LogP contribution in [0.1, 0.15) is 22.7 Å². The highest BCUT2D eigenvalue weighted by atomic mass is 32.2. The predicted octanol–water partition coefficient (Wildman–Crippen LogP) is 2.26. The lowest BCUT2D eigenvalue weighted by Crippen LogP contribution is -2.47. The number of nitrogens with one attached hydrogen (secondary N) is 2. The van der Waals surface area contributed by atoms with Crippen molar-refractivity contribution in [1.29, 1.82) is 0 Å². The van der Waals surface area contributed by atoms with Crippen LogP contribution in [0.25, 0.3) is 0 Å². The molecule has 0 radical (unpaired) electrons. The third-order valence-corrected chi connectivity index (χ3v) is 6.58. The van der Waals surface area contributed by atoms with Crippen LogP contribution in [0.3, 0.4) is 0 Å². The second-order valence-electron chi connectivity index (χ2n) is 7.03. The summed E-state index contributed by atoms with van der Waals surface area (Å²) >= 11 is 0. The highest BCUT2D eigenvalue weighted by Gasteiger charge is 2.35. The van der Waals surface area contributed by atoms with E-state index >= 15 is 0 Å². The third-order valence-electron chi connectivity index (χ3n) is 4.79. The van der Waals surface area contributed by atoms with Crippen LogP contribution in [0.2, 0.25) is 0 Å². The lowest BCUT2D eigenvalue weighted by molar-refractivity contribution is -0.136. The third kappa shape index (κ3) is 4.30. The van der Waals surface area contributed by atoms with Crippen LogP contribution < -0.4 is 10.6 Å². The molecule has 0 aliphatic carbocycles. The molecule has 30 heavy (non-hydrogen) atoms. The Morgan fingerprint density at radius 2 is 1.80 bits per heavy atom. The van der Waals surface area contributed by atoms with Gasteiger partial charge in [-0.15, -0.1) is 0 Å². The van der Waals surface area contributed by atoms with E-state index in [-0.39, 0.29) is 21.9 Å². The zero-order valence-electron chi connectivity index (χ0n) is 16.7. The molecule has 3 rings (SSSR count). The number of phenolic OH excluding ortho intramolecular Hbond substituents is 1. The Labute approximate surface area is 174 Å². The van der Waals surface area contributed by atoms with Gasteiger partial charge in [-0.1, -0.05) is 29.8 Å². The van der Waals surface area contributed by atoms with Gasteiger partial charge in [-0.3, -0.25) is 0 Å². The Kier molecular flexibility index (Phi) is 5.84. The van der Waals surface area contributed by atoms with Gasteiger partial charge >= 0.3 is 12.0 Å². The monoisotopic (exact) mass is 430 g/mol. The minimum atomic E-state index is -3.87. The van der Waals surface area contributed by atoms with Gasteiger partial charge in [-0.2, -0.15) is 0 Å². The van der Waals surface area contributed by atoms with Crippen molar-refractivity contribution in [1.82, 2.24) is 10.6 Å². The van der Waals surface area contributed by atoms with Crippen LogP contribution in [-0.4, -0.2) is 38.4 Å². The Morgan fingerprint density at radius 1 is 1.13 bits per heavy atom. The van der Waals surface area contributed by atoms with E-state index < -0.39 is 33.6 Å². The van der Waals surface area contributed by atoms with Crippen LogP contribution in [0, 0.1) is 13.8 Å². The van der Waals surface area contributed by atoms with Crippen LogP contribution in [0.4, 0.5) is 4.79 Å². The number of hydrogen-bond acceptors (Lipinski definition) is 6. The number of amides is 2. The van der Waals surface area contributed by atoms with E-state index in [0.717, 1.165) is 5.56 Å². The van der Waals surface area contributed by atoms with Gasteiger partial charge in [0.1, 0.15) is 5.75 Å². The van der Waals surface area contributed by atoms with Gasteiger partial charge < -0.3 is 20.5 Å². The van der Waals surface area contributed by atoms with Crippen molar-refractivity contribution in [2.75, 3.05) is 12.9 Å². The lowest BCUT2D eigenvalue weighted by atomic mass is 9.95. The quantitative estimate of drug-likeness (QED) is 0.626. The predicted molar refractivity (Wildman–Crippen MR) is 110 cm³/mol. The van der Waals surface area contributed by atoms with Crippen LogP contribution in [-0.2, 0) is 19.4 Å². The summed E-state index contributed by atoms with van der Waals surface area (Å²) < 4.78 is 31.0. The summed E-state index contributed by atoms with van der Waals surface area (Å²) in [5, 5.41) is 14.6. The molecule has 1 aliphatic rings. The summed E-state index contributed by atoms with van der Waals surface area (Å²) in [5.74, 6) is -1.34. The molecule has 2 aromatic carbocycles. The zero-order chi connectivity index (χ0) is 22.1. The van der Waals surface area contributed by atoms with E-state index in [1.165, 1.54) is 37.4 Å². The van der Waals surface area contributed by atoms with Gasteiger partial charge in [0.05, 0.1) is 29.4 Å².